The summed E-state index contributed by atoms with van der Waals surface area (Å²) in [6.45, 7) is 0.247. The van der Waals surface area contributed by atoms with Crippen LogP contribution in [-0.4, -0.2) is 73.1 Å². The van der Waals surface area contributed by atoms with Crippen molar-refractivity contribution >= 4 is 28.9 Å². The molecule has 10 heteroatoms. The number of amides is 1. The van der Waals surface area contributed by atoms with E-state index in [1.54, 1.807) is 25.1 Å². The molecule has 244 valence electrons. The van der Waals surface area contributed by atoms with Crippen molar-refractivity contribution in [1.82, 2.24) is 4.90 Å². The molecule has 1 saturated carbocycles. The molecule has 5 atom stereocenters. The molecule has 0 bridgehead atoms. The van der Waals surface area contributed by atoms with Gasteiger partial charge in [-0.3, -0.25) is 24.1 Å². The van der Waals surface area contributed by atoms with Crippen molar-refractivity contribution in [3.05, 3.63) is 106 Å². The lowest BCUT2D eigenvalue weighted by atomic mass is 9.54. The lowest BCUT2D eigenvalue weighted by Crippen LogP contribution is -2.69. The van der Waals surface area contributed by atoms with Gasteiger partial charge in [-0.15, -0.1) is 0 Å². The van der Waals surface area contributed by atoms with Crippen LogP contribution in [0.4, 0.5) is 5.69 Å². The van der Waals surface area contributed by atoms with E-state index in [0.29, 0.717) is 12.2 Å². The predicted octanol–water partition coefficient (Wildman–Crippen LogP) is 3.09. The van der Waals surface area contributed by atoms with E-state index in [1.165, 1.54) is 0 Å². The van der Waals surface area contributed by atoms with Crippen molar-refractivity contribution in [3.63, 3.8) is 0 Å². The largest absolute Gasteiger partial charge is 0.491 e. The number of aliphatic hydroxyl groups is 1. The van der Waals surface area contributed by atoms with Crippen LogP contribution in [0, 0.1) is 17.8 Å². The molecule has 6 rings (SSSR count). The minimum atomic E-state index is -2.66. The third kappa shape index (κ3) is 5.41. The van der Waals surface area contributed by atoms with Crippen molar-refractivity contribution in [1.29, 1.82) is 0 Å². The van der Waals surface area contributed by atoms with Crippen LogP contribution < -0.4 is 15.4 Å². The second-order valence-corrected chi connectivity index (χ2v) is 13.0. The summed E-state index contributed by atoms with van der Waals surface area (Å²) < 4.78 is 12.3. The van der Waals surface area contributed by atoms with Crippen LogP contribution in [0.3, 0.4) is 0 Å². The Kier molecular flexibility index (Phi) is 8.50. The zero-order chi connectivity index (χ0) is 33.6. The highest BCUT2D eigenvalue weighted by molar-refractivity contribution is 6.32. The Hall–Kier alpha value is -4.80. The van der Waals surface area contributed by atoms with E-state index in [9.17, 15) is 24.3 Å². The number of ketones is 3. The average molecular weight is 638 g/mol. The van der Waals surface area contributed by atoms with E-state index >= 15 is 0 Å². The molecule has 1 fully saturated rings. The highest BCUT2D eigenvalue weighted by Gasteiger charge is 2.67. The minimum absolute atomic E-state index is 0.0189. The molecule has 0 heterocycles. The summed E-state index contributed by atoms with van der Waals surface area (Å²) in [5.41, 5.74) is 6.08. The lowest BCUT2D eigenvalue weighted by Gasteiger charge is -2.52. The van der Waals surface area contributed by atoms with Crippen molar-refractivity contribution in [2.24, 2.45) is 23.5 Å². The zero-order valence-electron chi connectivity index (χ0n) is 26.9. The van der Waals surface area contributed by atoms with E-state index in [4.69, 9.17) is 15.2 Å². The topological polar surface area (TPSA) is 139 Å². The van der Waals surface area contributed by atoms with Gasteiger partial charge in [0.05, 0.1) is 17.5 Å². The van der Waals surface area contributed by atoms with Gasteiger partial charge in [-0.25, -0.2) is 0 Å². The third-order valence-corrected chi connectivity index (χ3v) is 9.70. The zero-order valence-corrected chi connectivity index (χ0v) is 26.9. The molecule has 1 amide bonds. The molecule has 2 unspecified atom stereocenters. The van der Waals surface area contributed by atoms with Crippen molar-refractivity contribution in [2.75, 3.05) is 33.1 Å². The van der Waals surface area contributed by atoms with Crippen molar-refractivity contribution < 1.29 is 33.8 Å². The number of benzene rings is 3. The SMILES string of the molecule is CN(C)c1ccc(OCc2ccccc2)c2c1C[C@H]1C[C@H]3C(N(C)C)C(OCc4ccccc4)=C(C(N)=O)C(=O)[C@@]3(O)C(=O)C1C2=O. The van der Waals surface area contributed by atoms with Gasteiger partial charge in [0, 0.05) is 25.7 Å². The number of hydrogen-bond acceptors (Lipinski definition) is 9. The number of primary amides is 1. The Morgan fingerprint density at radius 3 is 2.04 bits per heavy atom. The number of anilines is 1. The van der Waals surface area contributed by atoms with E-state index in [2.05, 4.69) is 0 Å². The average Bonchev–Trinajstić information content (AvgIpc) is 3.04. The van der Waals surface area contributed by atoms with Crippen LogP contribution in [0.15, 0.2) is 84.1 Å². The number of carbonyl (C=O) groups excluding carboxylic acids is 4. The summed E-state index contributed by atoms with van der Waals surface area (Å²) in [7, 11) is 7.22. The predicted molar refractivity (Wildman–Crippen MR) is 175 cm³/mol. The van der Waals surface area contributed by atoms with Gasteiger partial charge in [0.25, 0.3) is 5.91 Å². The van der Waals surface area contributed by atoms with Crippen LogP contribution in [0.5, 0.6) is 5.75 Å². The summed E-state index contributed by atoms with van der Waals surface area (Å²) in [5, 5.41) is 12.2. The normalized spacial score (nSPS) is 25.2. The first-order valence-electron chi connectivity index (χ1n) is 15.7. The van der Waals surface area contributed by atoms with Crippen molar-refractivity contribution in [3.8, 4) is 5.75 Å². The Morgan fingerprint density at radius 1 is 0.894 bits per heavy atom. The standard InChI is InChI=1S/C37H39N3O7/c1-39(2)26-15-16-27(46-19-21-11-7-5-8-12-21)29-24(26)17-23-18-25-31(40(3)4)33(47-20-22-13-9-6-10-14-22)30(36(38)44)35(43)37(25,45)34(42)28(23)32(29)41/h5-16,23,25,28,31,45H,17-20H2,1-4H3,(H2,38,44)/t23-,25-,28?,31?,37-/m0/s1. The number of Topliss-reactive ketones (excluding diaryl/α,β-unsaturated/α-hetero) is 3. The molecule has 47 heavy (non-hydrogen) atoms. The molecule has 0 spiro atoms. The number of hydrogen-bond donors (Lipinski definition) is 2. The second kappa shape index (κ2) is 12.4. The van der Waals surface area contributed by atoms with Crippen LogP contribution in [-0.2, 0) is 38.8 Å². The van der Waals surface area contributed by atoms with Crippen LogP contribution in [0.1, 0.15) is 33.5 Å². The van der Waals surface area contributed by atoms with Gasteiger partial charge in [0.15, 0.2) is 17.2 Å². The number of nitrogens with zero attached hydrogens (tertiary/aromatic N) is 2. The third-order valence-electron chi connectivity index (χ3n) is 9.70. The molecular weight excluding hydrogens is 598 g/mol. The Labute approximate surface area is 273 Å². The molecule has 0 aromatic heterocycles. The van der Waals surface area contributed by atoms with Gasteiger partial charge >= 0.3 is 0 Å². The van der Waals surface area contributed by atoms with Crippen molar-refractivity contribution in [2.45, 2.75) is 37.7 Å². The monoisotopic (exact) mass is 637 g/mol. The molecule has 3 aliphatic carbocycles. The van der Waals surface area contributed by atoms with E-state index in [1.807, 2.05) is 85.7 Å². The Balaban J connectivity index is 1.42. The van der Waals surface area contributed by atoms with Gasteiger partial charge in [0.1, 0.15) is 30.3 Å². The quantitative estimate of drug-likeness (QED) is 0.268. The van der Waals surface area contributed by atoms with Gasteiger partial charge in [-0.2, -0.15) is 0 Å². The minimum Gasteiger partial charge on any atom is -0.491 e. The Morgan fingerprint density at radius 2 is 1.49 bits per heavy atom. The number of rotatable bonds is 9. The molecule has 0 saturated heterocycles. The number of nitrogens with two attached hydrogens (primary N) is 1. The first-order chi connectivity index (χ1) is 22.4. The summed E-state index contributed by atoms with van der Waals surface area (Å²) in [4.78, 5) is 59.6. The maximum absolute atomic E-state index is 14.5. The summed E-state index contributed by atoms with van der Waals surface area (Å²) in [6.07, 6.45) is 0.500. The van der Waals surface area contributed by atoms with Gasteiger partial charge in [-0.05, 0) is 61.7 Å². The maximum Gasteiger partial charge on any atom is 0.255 e. The fraction of sp³-hybridized carbons (Fsp3) is 0.351. The molecule has 3 N–H and O–H groups in total. The second-order valence-electron chi connectivity index (χ2n) is 13.0. The molecule has 0 radical (unpaired) electrons. The molecule has 3 aliphatic rings. The van der Waals surface area contributed by atoms with E-state index in [0.717, 1.165) is 22.4 Å². The van der Waals surface area contributed by atoms with Crippen LogP contribution >= 0.6 is 0 Å². The van der Waals surface area contributed by atoms with E-state index in [-0.39, 0.29) is 31.0 Å². The van der Waals surface area contributed by atoms with Crippen LogP contribution in [0.25, 0.3) is 0 Å². The first-order valence-corrected chi connectivity index (χ1v) is 15.7. The summed E-state index contributed by atoms with van der Waals surface area (Å²) in [5.74, 6) is -6.14. The number of ether oxygens (including phenoxy) is 2. The highest BCUT2D eigenvalue weighted by atomic mass is 16.5. The number of fused-ring (bicyclic) bond motifs is 3. The number of likely N-dealkylation sites (N-methyl/N-ethyl adjacent to an activating group) is 1. The Bertz CT molecular complexity index is 1770. The van der Waals surface area contributed by atoms with E-state index < -0.39 is 58.2 Å². The first kappa shape index (κ1) is 32.2. The highest BCUT2D eigenvalue weighted by Crippen LogP contribution is 2.52. The summed E-state index contributed by atoms with van der Waals surface area (Å²) >= 11 is 0. The number of carbonyl (C=O) groups is 4. The van der Waals surface area contributed by atoms with Gasteiger partial charge < -0.3 is 25.2 Å². The fourth-order valence-corrected chi connectivity index (χ4v) is 7.58. The molecular formula is C37H39N3O7. The summed E-state index contributed by atoms with van der Waals surface area (Å²) in [6, 6.07) is 21.5. The van der Waals surface area contributed by atoms with Gasteiger partial charge in [-0.1, -0.05) is 60.7 Å². The van der Waals surface area contributed by atoms with Gasteiger partial charge in [0.2, 0.25) is 5.78 Å². The maximum atomic E-state index is 14.5. The molecule has 3 aromatic rings. The lowest BCUT2D eigenvalue weighted by molar-refractivity contribution is -0.170. The molecule has 3 aromatic carbocycles. The molecule has 10 nitrogen and oxygen atoms in total. The van der Waals surface area contributed by atoms with Crippen LogP contribution in [0.2, 0.25) is 0 Å². The fourth-order valence-electron chi connectivity index (χ4n) is 7.58. The molecule has 0 aliphatic heterocycles. The smallest absolute Gasteiger partial charge is 0.255 e.